The number of ether oxygens (including phenoxy) is 1. The summed E-state index contributed by atoms with van der Waals surface area (Å²) in [4.78, 5) is 12.8. The predicted molar refractivity (Wildman–Crippen MR) is 80.0 cm³/mol. The fraction of sp³-hybridized carbons (Fsp3) is 0.235. The second kappa shape index (κ2) is 5.87. The number of carbonyl (C=O) groups is 1. The van der Waals surface area contributed by atoms with E-state index in [0.717, 1.165) is 5.56 Å². The van der Waals surface area contributed by atoms with Gasteiger partial charge in [0.2, 0.25) is 0 Å². The van der Waals surface area contributed by atoms with Crippen LogP contribution in [-0.2, 0) is 0 Å². The van der Waals surface area contributed by atoms with Crippen LogP contribution in [0.2, 0.25) is 0 Å². The normalized spacial score (nSPS) is 20.4. The summed E-state index contributed by atoms with van der Waals surface area (Å²) in [5.41, 5.74) is 1.66. The van der Waals surface area contributed by atoms with Crippen LogP contribution in [0.1, 0.15) is 21.8 Å². The van der Waals surface area contributed by atoms with E-state index in [1.54, 1.807) is 19.2 Å². The van der Waals surface area contributed by atoms with Crippen molar-refractivity contribution in [2.75, 3.05) is 13.7 Å². The standard InChI is InChI=1S/C17H16N2O2/c1-21-15-10-6-5-9-13(15)17(20)16-14(11-18-19-16)12-7-3-2-4-8-12/h2-10,14,16H,11H2,1H3. The van der Waals surface area contributed by atoms with Gasteiger partial charge in [-0.05, 0) is 17.7 Å². The molecule has 0 amide bonds. The van der Waals surface area contributed by atoms with E-state index in [0.29, 0.717) is 17.9 Å². The van der Waals surface area contributed by atoms with E-state index in [-0.39, 0.29) is 11.7 Å². The number of nitrogens with zero attached hydrogens (tertiary/aromatic N) is 2. The minimum Gasteiger partial charge on any atom is -0.496 e. The Balaban J connectivity index is 1.92. The number of hydrogen-bond acceptors (Lipinski definition) is 4. The van der Waals surface area contributed by atoms with Crippen molar-refractivity contribution in [3.63, 3.8) is 0 Å². The molecular weight excluding hydrogens is 264 g/mol. The molecule has 3 rings (SSSR count). The van der Waals surface area contributed by atoms with E-state index in [1.807, 2.05) is 42.5 Å². The van der Waals surface area contributed by atoms with E-state index < -0.39 is 6.04 Å². The number of azo groups is 1. The summed E-state index contributed by atoms with van der Waals surface area (Å²) in [5.74, 6) is 0.544. The van der Waals surface area contributed by atoms with Gasteiger partial charge in [0.15, 0.2) is 5.78 Å². The van der Waals surface area contributed by atoms with Crippen molar-refractivity contribution in [1.82, 2.24) is 0 Å². The SMILES string of the molecule is COc1ccccc1C(=O)C1N=NCC1c1ccccc1. The molecule has 2 aromatic rings. The predicted octanol–water partition coefficient (Wildman–Crippen LogP) is 3.50. The average Bonchev–Trinajstić information content (AvgIpc) is 3.04. The molecule has 1 aliphatic rings. The fourth-order valence-corrected chi connectivity index (χ4v) is 2.63. The molecule has 1 aliphatic heterocycles. The van der Waals surface area contributed by atoms with Gasteiger partial charge in [-0.25, -0.2) is 0 Å². The average molecular weight is 280 g/mol. The molecule has 2 unspecified atom stereocenters. The van der Waals surface area contributed by atoms with Crippen LogP contribution in [-0.4, -0.2) is 25.5 Å². The Morgan fingerprint density at radius 2 is 1.81 bits per heavy atom. The lowest BCUT2D eigenvalue weighted by Gasteiger charge is -2.17. The first-order valence-electron chi connectivity index (χ1n) is 6.90. The van der Waals surface area contributed by atoms with E-state index in [4.69, 9.17) is 4.74 Å². The van der Waals surface area contributed by atoms with Crippen LogP contribution in [0, 0.1) is 0 Å². The quantitative estimate of drug-likeness (QED) is 0.805. The summed E-state index contributed by atoms with van der Waals surface area (Å²) in [6.07, 6.45) is 0. The van der Waals surface area contributed by atoms with Crippen LogP contribution in [0.25, 0.3) is 0 Å². The Labute approximate surface area is 123 Å². The number of benzene rings is 2. The van der Waals surface area contributed by atoms with Gasteiger partial charge >= 0.3 is 0 Å². The first kappa shape index (κ1) is 13.5. The van der Waals surface area contributed by atoms with Gasteiger partial charge < -0.3 is 4.74 Å². The largest absolute Gasteiger partial charge is 0.496 e. The van der Waals surface area contributed by atoms with Crippen molar-refractivity contribution in [2.45, 2.75) is 12.0 Å². The van der Waals surface area contributed by atoms with Crippen LogP contribution < -0.4 is 4.74 Å². The smallest absolute Gasteiger partial charge is 0.193 e. The molecule has 0 saturated carbocycles. The third kappa shape index (κ3) is 2.57. The van der Waals surface area contributed by atoms with E-state index in [2.05, 4.69) is 10.2 Å². The number of carbonyl (C=O) groups excluding carboxylic acids is 1. The van der Waals surface area contributed by atoms with Crippen LogP contribution in [0.5, 0.6) is 5.75 Å². The van der Waals surface area contributed by atoms with Crippen LogP contribution in [0.3, 0.4) is 0 Å². The Hall–Kier alpha value is -2.49. The van der Waals surface area contributed by atoms with Crippen LogP contribution in [0.4, 0.5) is 0 Å². The number of ketones is 1. The van der Waals surface area contributed by atoms with Crippen molar-refractivity contribution in [1.29, 1.82) is 0 Å². The highest BCUT2D eigenvalue weighted by molar-refractivity contribution is 6.03. The molecule has 0 radical (unpaired) electrons. The highest BCUT2D eigenvalue weighted by Crippen LogP contribution is 2.31. The third-order valence-corrected chi connectivity index (χ3v) is 3.73. The van der Waals surface area contributed by atoms with Gasteiger partial charge in [-0.1, -0.05) is 42.5 Å². The highest BCUT2D eigenvalue weighted by Gasteiger charge is 2.34. The summed E-state index contributed by atoms with van der Waals surface area (Å²) < 4.78 is 5.27. The molecular formula is C17H16N2O2. The first-order valence-corrected chi connectivity index (χ1v) is 6.90. The molecule has 0 bridgehead atoms. The number of Topliss-reactive ketones (excluding diaryl/α,β-unsaturated/α-hetero) is 1. The molecule has 2 atom stereocenters. The van der Waals surface area contributed by atoms with Gasteiger partial charge in [-0.15, -0.1) is 0 Å². The lowest BCUT2D eigenvalue weighted by molar-refractivity contribution is 0.0953. The van der Waals surface area contributed by atoms with Gasteiger partial charge in [-0.2, -0.15) is 10.2 Å². The molecule has 4 heteroatoms. The molecule has 0 saturated heterocycles. The zero-order valence-corrected chi connectivity index (χ0v) is 11.8. The molecule has 0 fully saturated rings. The van der Waals surface area contributed by atoms with E-state index in [1.165, 1.54) is 0 Å². The Morgan fingerprint density at radius 3 is 2.57 bits per heavy atom. The van der Waals surface area contributed by atoms with Crippen molar-refractivity contribution in [3.8, 4) is 5.75 Å². The zero-order valence-electron chi connectivity index (χ0n) is 11.8. The second-order valence-electron chi connectivity index (χ2n) is 4.97. The number of rotatable bonds is 4. The molecule has 21 heavy (non-hydrogen) atoms. The van der Waals surface area contributed by atoms with Gasteiger partial charge in [0.1, 0.15) is 11.8 Å². The maximum absolute atomic E-state index is 12.8. The van der Waals surface area contributed by atoms with Crippen molar-refractivity contribution >= 4 is 5.78 Å². The summed E-state index contributed by atoms with van der Waals surface area (Å²) >= 11 is 0. The summed E-state index contributed by atoms with van der Waals surface area (Å²) in [6.45, 7) is 0.551. The number of para-hydroxylation sites is 1. The lowest BCUT2D eigenvalue weighted by Crippen LogP contribution is -2.25. The third-order valence-electron chi connectivity index (χ3n) is 3.73. The summed E-state index contributed by atoms with van der Waals surface area (Å²) in [7, 11) is 1.57. The van der Waals surface area contributed by atoms with Gasteiger partial charge in [0.25, 0.3) is 0 Å². The maximum Gasteiger partial charge on any atom is 0.193 e. The fourth-order valence-electron chi connectivity index (χ4n) is 2.63. The highest BCUT2D eigenvalue weighted by atomic mass is 16.5. The minimum atomic E-state index is -0.469. The van der Waals surface area contributed by atoms with Crippen LogP contribution >= 0.6 is 0 Å². The Morgan fingerprint density at radius 1 is 1.10 bits per heavy atom. The van der Waals surface area contributed by atoms with Gasteiger partial charge in [0.05, 0.1) is 19.2 Å². The molecule has 0 N–H and O–H groups in total. The van der Waals surface area contributed by atoms with Gasteiger partial charge in [-0.3, -0.25) is 4.79 Å². The molecule has 2 aromatic carbocycles. The molecule has 1 heterocycles. The topological polar surface area (TPSA) is 51.0 Å². The molecule has 4 nitrogen and oxygen atoms in total. The maximum atomic E-state index is 12.8. The molecule has 106 valence electrons. The molecule has 0 aromatic heterocycles. The summed E-state index contributed by atoms with van der Waals surface area (Å²) in [5, 5.41) is 8.25. The number of methoxy groups -OCH3 is 1. The van der Waals surface area contributed by atoms with Gasteiger partial charge in [0, 0.05) is 5.92 Å². The zero-order chi connectivity index (χ0) is 14.7. The second-order valence-corrected chi connectivity index (χ2v) is 4.97. The summed E-state index contributed by atoms with van der Waals surface area (Å²) in [6, 6.07) is 16.7. The van der Waals surface area contributed by atoms with E-state index >= 15 is 0 Å². The Kier molecular flexibility index (Phi) is 3.77. The lowest BCUT2D eigenvalue weighted by atomic mass is 9.88. The first-order chi connectivity index (χ1) is 10.3. The minimum absolute atomic E-state index is 0.00334. The number of hydrogen-bond donors (Lipinski definition) is 0. The van der Waals surface area contributed by atoms with Crippen molar-refractivity contribution in [2.24, 2.45) is 10.2 Å². The van der Waals surface area contributed by atoms with Crippen molar-refractivity contribution in [3.05, 3.63) is 65.7 Å². The molecule has 0 spiro atoms. The monoisotopic (exact) mass is 280 g/mol. The Bertz CT molecular complexity index is 668. The van der Waals surface area contributed by atoms with E-state index in [9.17, 15) is 4.79 Å². The molecule has 0 aliphatic carbocycles. The van der Waals surface area contributed by atoms with Crippen molar-refractivity contribution < 1.29 is 9.53 Å². The van der Waals surface area contributed by atoms with Crippen LogP contribution in [0.15, 0.2) is 64.8 Å².